The van der Waals surface area contributed by atoms with E-state index in [0.29, 0.717) is 17.6 Å². The van der Waals surface area contributed by atoms with Crippen molar-refractivity contribution in [2.75, 3.05) is 12.4 Å². The van der Waals surface area contributed by atoms with E-state index in [4.69, 9.17) is 9.52 Å². The Balaban J connectivity index is 2.00. The van der Waals surface area contributed by atoms with Crippen LogP contribution >= 0.6 is 11.8 Å². The van der Waals surface area contributed by atoms with Crippen molar-refractivity contribution >= 4 is 11.8 Å². The molecule has 0 aliphatic carbocycles. The van der Waals surface area contributed by atoms with Crippen molar-refractivity contribution in [3.63, 3.8) is 0 Å². The molecule has 3 nitrogen and oxygen atoms in total. The van der Waals surface area contributed by atoms with Gasteiger partial charge in [0.25, 0.3) is 0 Å². The van der Waals surface area contributed by atoms with Crippen LogP contribution in [0, 0.1) is 0 Å². The van der Waals surface area contributed by atoms with E-state index in [0.717, 1.165) is 5.69 Å². The van der Waals surface area contributed by atoms with Crippen molar-refractivity contribution in [3.05, 3.63) is 17.8 Å². The Hall–Kier alpha value is -0.480. The van der Waals surface area contributed by atoms with Crippen LogP contribution in [0.2, 0.25) is 0 Å². The first-order valence-electron chi connectivity index (χ1n) is 5.07. The second-order valence-corrected chi connectivity index (χ2v) is 4.81. The molecule has 0 saturated carbocycles. The van der Waals surface area contributed by atoms with Gasteiger partial charge in [-0.05, 0) is 18.6 Å². The van der Waals surface area contributed by atoms with Gasteiger partial charge in [-0.2, -0.15) is 11.8 Å². The Morgan fingerprint density at radius 2 is 2.50 bits per heavy atom. The van der Waals surface area contributed by atoms with Crippen LogP contribution in [0.1, 0.15) is 36.1 Å². The van der Waals surface area contributed by atoms with Crippen molar-refractivity contribution in [2.24, 2.45) is 0 Å². The van der Waals surface area contributed by atoms with Crippen LogP contribution in [-0.2, 0) is 6.42 Å². The Bertz CT molecular complexity index is 281. The predicted molar refractivity (Wildman–Crippen MR) is 56.3 cm³/mol. The molecule has 1 atom stereocenters. The molecule has 1 saturated heterocycles. The fourth-order valence-electron chi connectivity index (χ4n) is 1.66. The fourth-order valence-corrected chi connectivity index (χ4v) is 2.93. The van der Waals surface area contributed by atoms with Crippen molar-refractivity contribution in [1.29, 1.82) is 0 Å². The highest BCUT2D eigenvalue weighted by Gasteiger charge is 2.19. The summed E-state index contributed by atoms with van der Waals surface area (Å²) in [5.74, 6) is 1.89. The topological polar surface area (TPSA) is 46.3 Å². The average Bonchev–Trinajstić information content (AvgIpc) is 2.68. The Morgan fingerprint density at radius 1 is 1.57 bits per heavy atom. The van der Waals surface area contributed by atoms with Crippen LogP contribution < -0.4 is 0 Å². The molecule has 78 valence electrons. The molecule has 14 heavy (non-hydrogen) atoms. The number of rotatable bonds is 3. The van der Waals surface area contributed by atoms with Crippen LogP contribution in [0.4, 0.5) is 0 Å². The summed E-state index contributed by atoms with van der Waals surface area (Å²) in [6.45, 7) is 0.109. The number of thioether (sulfide) groups is 1. The Morgan fingerprint density at radius 3 is 3.21 bits per heavy atom. The number of oxazole rings is 1. The quantitative estimate of drug-likeness (QED) is 0.836. The van der Waals surface area contributed by atoms with E-state index in [1.165, 1.54) is 25.0 Å². The minimum absolute atomic E-state index is 0.109. The van der Waals surface area contributed by atoms with Gasteiger partial charge in [-0.15, -0.1) is 0 Å². The van der Waals surface area contributed by atoms with Gasteiger partial charge in [0.2, 0.25) is 0 Å². The largest absolute Gasteiger partial charge is 0.449 e. The van der Waals surface area contributed by atoms with Crippen LogP contribution in [0.3, 0.4) is 0 Å². The average molecular weight is 213 g/mol. The van der Waals surface area contributed by atoms with Crippen LogP contribution in [0.15, 0.2) is 10.7 Å². The molecule has 0 aromatic carbocycles. The first kappa shape index (κ1) is 10.1. The number of aliphatic hydroxyl groups is 1. The number of hydrogen-bond acceptors (Lipinski definition) is 4. The standard InChI is InChI=1S/C10H15NO2S/c12-5-4-10-11-8(7-13-10)9-3-1-2-6-14-9/h7,9,12H,1-6H2. The minimum Gasteiger partial charge on any atom is -0.449 e. The third-order valence-corrected chi connectivity index (χ3v) is 3.81. The Kier molecular flexibility index (Phi) is 3.48. The molecule has 1 aromatic rings. The van der Waals surface area contributed by atoms with Crippen molar-refractivity contribution in [1.82, 2.24) is 4.98 Å². The molecule has 4 heteroatoms. The molecule has 1 unspecified atom stereocenters. The molecule has 0 radical (unpaired) electrons. The van der Waals surface area contributed by atoms with Gasteiger partial charge in [0.05, 0.1) is 17.6 Å². The fraction of sp³-hybridized carbons (Fsp3) is 0.700. The third-order valence-electron chi connectivity index (χ3n) is 2.40. The summed E-state index contributed by atoms with van der Waals surface area (Å²) in [5, 5.41) is 9.25. The first-order valence-corrected chi connectivity index (χ1v) is 6.12. The maximum atomic E-state index is 8.73. The lowest BCUT2D eigenvalue weighted by Gasteiger charge is -2.18. The van der Waals surface area contributed by atoms with E-state index >= 15 is 0 Å². The highest BCUT2D eigenvalue weighted by atomic mass is 32.2. The molecule has 2 heterocycles. The summed E-state index contributed by atoms with van der Waals surface area (Å²) in [6.07, 6.45) is 6.09. The van der Waals surface area contributed by atoms with E-state index < -0.39 is 0 Å². The molecule has 1 aliphatic rings. The van der Waals surface area contributed by atoms with Gasteiger partial charge in [0.1, 0.15) is 6.26 Å². The maximum absolute atomic E-state index is 8.73. The van der Waals surface area contributed by atoms with E-state index in [1.54, 1.807) is 6.26 Å². The SMILES string of the molecule is OCCc1nc(C2CCCCS2)co1. The van der Waals surface area contributed by atoms with E-state index in [-0.39, 0.29) is 6.61 Å². The summed E-state index contributed by atoms with van der Waals surface area (Å²) in [7, 11) is 0. The molecule has 1 N–H and O–H groups in total. The van der Waals surface area contributed by atoms with Gasteiger partial charge in [0, 0.05) is 6.42 Å². The number of aliphatic hydroxyl groups excluding tert-OH is 1. The second-order valence-electron chi connectivity index (χ2n) is 3.49. The summed E-state index contributed by atoms with van der Waals surface area (Å²) in [5.41, 5.74) is 1.05. The number of nitrogens with zero attached hydrogens (tertiary/aromatic N) is 1. The summed E-state index contributed by atoms with van der Waals surface area (Å²) >= 11 is 1.96. The van der Waals surface area contributed by atoms with Gasteiger partial charge >= 0.3 is 0 Å². The zero-order valence-corrected chi connectivity index (χ0v) is 8.92. The summed E-state index contributed by atoms with van der Waals surface area (Å²) < 4.78 is 5.27. The van der Waals surface area contributed by atoms with Crippen molar-refractivity contribution < 1.29 is 9.52 Å². The monoisotopic (exact) mass is 213 g/mol. The third kappa shape index (κ3) is 2.30. The number of hydrogen-bond donors (Lipinski definition) is 1. The Labute approximate surface area is 87.9 Å². The molecule has 1 fully saturated rings. The highest BCUT2D eigenvalue weighted by molar-refractivity contribution is 7.99. The second kappa shape index (κ2) is 4.84. The summed E-state index contributed by atoms with van der Waals surface area (Å²) in [4.78, 5) is 4.38. The lowest BCUT2D eigenvalue weighted by atomic mass is 10.1. The van der Waals surface area contributed by atoms with Crippen molar-refractivity contribution in [3.8, 4) is 0 Å². The molecule has 1 aliphatic heterocycles. The van der Waals surface area contributed by atoms with Gasteiger partial charge < -0.3 is 9.52 Å². The molecule has 0 amide bonds. The molecule has 2 rings (SSSR count). The van der Waals surface area contributed by atoms with Crippen LogP contribution in [-0.4, -0.2) is 22.5 Å². The van der Waals surface area contributed by atoms with Gasteiger partial charge in [-0.25, -0.2) is 4.98 Å². The summed E-state index contributed by atoms with van der Waals surface area (Å²) in [6, 6.07) is 0. The normalized spacial score (nSPS) is 22.5. The zero-order chi connectivity index (χ0) is 9.80. The first-order chi connectivity index (χ1) is 6.90. The van der Waals surface area contributed by atoms with Crippen molar-refractivity contribution in [2.45, 2.75) is 30.9 Å². The molecular weight excluding hydrogens is 198 g/mol. The molecular formula is C10H15NO2S. The van der Waals surface area contributed by atoms with E-state index in [2.05, 4.69) is 4.98 Å². The van der Waals surface area contributed by atoms with E-state index in [9.17, 15) is 0 Å². The molecule has 0 bridgehead atoms. The van der Waals surface area contributed by atoms with Crippen LogP contribution in [0.25, 0.3) is 0 Å². The smallest absolute Gasteiger partial charge is 0.196 e. The van der Waals surface area contributed by atoms with Gasteiger partial charge in [0.15, 0.2) is 5.89 Å². The van der Waals surface area contributed by atoms with Gasteiger partial charge in [-0.3, -0.25) is 0 Å². The predicted octanol–water partition coefficient (Wildman–Crippen LogP) is 2.17. The lowest BCUT2D eigenvalue weighted by Crippen LogP contribution is -2.02. The van der Waals surface area contributed by atoms with Gasteiger partial charge in [-0.1, -0.05) is 6.42 Å². The highest BCUT2D eigenvalue weighted by Crippen LogP contribution is 2.37. The minimum atomic E-state index is 0.109. The van der Waals surface area contributed by atoms with Crippen LogP contribution in [0.5, 0.6) is 0 Å². The number of aromatic nitrogens is 1. The molecule has 1 aromatic heterocycles. The zero-order valence-electron chi connectivity index (χ0n) is 8.11. The molecule has 0 spiro atoms. The maximum Gasteiger partial charge on any atom is 0.196 e. The van der Waals surface area contributed by atoms with E-state index in [1.807, 2.05) is 11.8 Å². The lowest BCUT2D eigenvalue weighted by molar-refractivity contribution is 0.285.